The summed E-state index contributed by atoms with van der Waals surface area (Å²) in [6, 6.07) is 0.801. The van der Waals surface area contributed by atoms with E-state index in [1.54, 1.807) is 0 Å². The second kappa shape index (κ2) is 4.94. The van der Waals surface area contributed by atoms with Gasteiger partial charge in [-0.1, -0.05) is 13.8 Å². The van der Waals surface area contributed by atoms with Crippen molar-refractivity contribution in [2.45, 2.75) is 38.8 Å². The van der Waals surface area contributed by atoms with Crippen LogP contribution in [0.25, 0.3) is 0 Å². The second-order valence-corrected chi connectivity index (χ2v) is 4.05. The first kappa shape index (κ1) is 11.0. The van der Waals surface area contributed by atoms with Gasteiger partial charge >= 0.3 is 0 Å². The van der Waals surface area contributed by atoms with Crippen LogP contribution in [0.5, 0.6) is 0 Å². The summed E-state index contributed by atoms with van der Waals surface area (Å²) >= 11 is 0. The van der Waals surface area contributed by atoms with Crippen molar-refractivity contribution in [3.05, 3.63) is 0 Å². The number of nitrogens with zero attached hydrogens (tertiary/aromatic N) is 1. The number of rotatable bonds is 4. The van der Waals surface area contributed by atoms with Crippen LogP contribution in [0.2, 0.25) is 0 Å². The van der Waals surface area contributed by atoms with Crippen LogP contribution in [0, 0.1) is 5.92 Å². The third-order valence-corrected chi connectivity index (χ3v) is 3.32. The zero-order chi connectivity index (χ0) is 9.84. The van der Waals surface area contributed by atoms with Crippen LogP contribution in [-0.2, 0) is 0 Å². The van der Waals surface area contributed by atoms with Gasteiger partial charge in [0.2, 0.25) is 0 Å². The van der Waals surface area contributed by atoms with E-state index in [9.17, 15) is 5.11 Å². The SMILES string of the molecule is CCC(CN)N1CCC(C)C1CO. The predicted octanol–water partition coefficient (Wildman–Crippen LogP) is 0.426. The first-order chi connectivity index (χ1) is 6.24. The Labute approximate surface area is 80.9 Å². The van der Waals surface area contributed by atoms with E-state index in [4.69, 9.17) is 5.73 Å². The Hall–Kier alpha value is -0.120. The number of aliphatic hydroxyl groups excluding tert-OH is 1. The van der Waals surface area contributed by atoms with Gasteiger partial charge in [-0.3, -0.25) is 4.90 Å². The minimum absolute atomic E-state index is 0.275. The molecule has 0 aromatic carbocycles. The van der Waals surface area contributed by atoms with Gasteiger partial charge in [0.25, 0.3) is 0 Å². The average Bonchev–Trinajstić information content (AvgIpc) is 2.50. The highest BCUT2D eigenvalue weighted by Gasteiger charge is 2.33. The molecule has 1 saturated heterocycles. The summed E-state index contributed by atoms with van der Waals surface area (Å²) in [6.45, 7) is 6.46. The van der Waals surface area contributed by atoms with E-state index in [-0.39, 0.29) is 6.61 Å². The largest absolute Gasteiger partial charge is 0.395 e. The molecule has 1 aliphatic heterocycles. The van der Waals surface area contributed by atoms with Crippen molar-refractivity contribution in [2.75, 3.05) is 19.7 Å². The van der Waals surface area contributed by atoms with Crippen molar-refractivity contribution in [3.63, 3.8) is 0 Å². The zero-order valence-corrected chi connectivity index (χ0v) is 8.74. The highest BCUT2D eigenvalue weighted by molar-refractivity contribution is 4.88. The summed E-state index contributed by atoms with van der Waals surface area (Å²) in [4.78, 5) is 2.38. The summed E-state index contributed by atoms with van der Waals surface area (Å²) < 4.78 is 0. The van der Waals surface area contributed by atoms with Crippen LogP contribution < -0.4 is 5.73 Å². The lowest BCUT2D eigenvalue weighted by molar-refractivity contribution is 0.103. The fourth-order valence-electron chi connectivity index (χ4n) is 2.31. The molecule has 0 aliphatic carbocycles. The monoisotopic (exact) mass is 186 g/mol. The minimum atomic E-state index is 0.275. The Kier molecular flexibility index (Phi) is 4.16. The number of hydrogen-bond acceptors (Lipinski definition) is 3. The summed E-state index contributed by atoms with van der Waals surface area (Å²) in [5.74, 6) is 0.616. The van der Waals surface area contributed by atoms with E-state index in [0.29, 0.717) is 24.5 Å². The quantitative estimate of drug-likeness (QED) is 0.669. The van der Waals surface area contributed by atoms with E-state index in [2.05, 4.69) is 18.7 Å². The molecular formula is C10H22N2O. The minimum Gasteiger partial charge on any atom is -0.395 e. The lowest BCUT2D eigenvalue weighted by Gasteiger charge is -2.31. The standard InChI is InChI=1S/C10H22N2O/c1-3-9(6-11)12-5-4-8(2)10(12)7-13/h8-10,13H,3-7,11H2,1-2H3. The van der Waals surface area contributed by atoms with Crippen LogP contribution in [0.3, 0.4) is 0 Å². The van der Waals surface area contributed by atoms with Gasteiger partial charge in [-0.2, -0.15) is 0 Å². The molecule has 1 heterocycles. The normalized spacial score (nSPS) is 32.3. The van der Waals surface area contributed by atoms with Crippen molar-refractivity contribution < 1.29 is 5.11 Å². The van der Waals surface area contributed by atoms with Gasteiger partial charge in [-0.05, 0) is 25.3 Å². The van der Waals surface area contributed by atoms with Crippen LogP contribution in [0.4, 0.5) is 0 Å². The lowest BCUT2D eigenvalue weighted by atomic mass is 10.0. The zero-order valence-electron chi connectivity index (χ0n) is 8.74. The molecule has 0 bridgehead atoms. The molecule has 3 atom stereocenters. The van der Waals surface area contributed by atoms with Crippen molar-refractivity contribution >= 4 is 0 Å². The molecule has 13 heavy (non-hydrogen) atoms. The number of likely N-dealkylation sites (tertiary alicyclic amines) is 1. The predicted molar refractivity (Wildman–Crippen MR) is 54.5 cm³/mol. The Morgan fingerprint density at radius 1 is 1.62 bits per heavy atom. The van der Waals surface area contributed by atoms with E-state index in [0.717, 1.165) is 13.0 Å². The second-order valence-electron chi connectivity index (χ2n) is 4.05. The Bertz CT molecular complexity index is 148. The third-order valence-electron chi connectivity index (χ3n) is 3.32. The van der Waals surface area contributed by atoms with Gasteiger partial charge < -0.3 is 10.8 Å². The molecule has 0 amide bonds. The number of aliphatic hydroxyl groups is 1. The summed E-state index contributed by atoms with van der Waals surface area (Å²) in [7, 11) is 0. The van der Waals surface area contributed by atoms with Gasteiger partial charge in [-0.25, -0.2) is 0 Å². The van der Waals surface area contributed by atoms with Gasteiger partial charge in [0.15, 0.2) is 0 Å². The maximum Gasteiger partial charge on any atom is 0.0589 e. The lowest BCUT2D eigenvalue weighted by Crippen LogP contribution is -2.45. The smallest absolute Gasteiger partial charge is 0.0589 e. The molecule has 0 aromatic rings. The highest BCUT2D eigenvalue weighted by Crippen LogP contribution is 2.26. The maximum absolute atomic E-state index is 9.26. The molecule has 0 saturated carbocycles. The van der Waals surface area contributed by atoms with Crippen LogP contribution in [0.1, 0.15) is 26.7 Å². The highest BCUT2D eigenvalue weighted by atomic mass is 16.3. The van der Waals surface area contributed by atoms with Gasteiger partial charge in [-0.15, -0.1) is 0 Å². The molecule has 3 nitrogen and oxygen atoms in total. The van der Waals surface area contributed by atoms with E-state index >= 15 is 0 Å². The van der Waals surface area contributed by atoms with Crippen LogP contribution in [-0.4, -0.2) is 41.8 Å². The Balaban J connectivity index is 2.57. The van der Waals surface area contributed by atoms with Gasteiger partial charge in [0.1, 0.15) is 0 Å². The van der Waals surface area contributed by atoms with Crippen molar-refractivity contribution in [1.82, 2.24) is 4.90 Å². The first-order valence-corrected chi connectivity index (χ1v) is 5.31. The molecule has 0 aromatic heterocycles. The third kappa shape index (κ3) is 2.22. The van der Waals surface area contributed by atoms with Gasteiger partial charge in [0, 0.05) is 18.6 Å². The Morgan fingerprint density at radius 3 is 2.77 bits per heavy atom. The first-order valence-electron chi connectivity index (χ1n) is 5.31. The molecule has 1 aliphatic rings. The van der Waals surface area contributed by atoms with Crippen molar-refractivity contribution in [1.29, 1.82) is 0 Å². The van der Waals surface area contributed by atoms with Crippen LogP contribution >= 0.6 is 0 Å². The number of hydrogen-bond donors (Lipinski definition) is 2. The maximum atomic E-state index is 9.26. The molecule has 78 valence electrons. The fraction of sp³-hybridized carbons (Fsp3) is 1.00. The van der Waals surface area contributed by atoms with Crippen molar-refractivity contribution in [3.8, 4) is 0 Å². The van der Waals surface area contributed by atoms with Gasteiger partial charge in [0.05, 0.1) is 6.61 Å². The van der Waals surface area contributed by atoms with Crippen LogP contribution in [0.15, 0.2) is 0 Å². The summed E-state index contributed by atoms with van der Waals surface area (Å²) in [5.41, 5.74) is 5.70. The number of nitrogens with two attached hydrogens (primary N) is 1. The topological polar surface area (TPSA) is 49.5 Å². The summed E-state index contributed by atoms with van der Waals surface area (Å²) in [6.07, 6.45) is 2.28. The van der Waals surface area contributed by atoms with E-state index < -0.39 is 0 Å². The molecule has 3 unspecified atom stereocenters. The molecule has 3 N–H and O–H groups in total. The Morgan fingerprint density at radius 2 is 2.31 bits per heavy atom. The molecule has 0 spiro atoms. The molecule has 0 radical (unpaired) electrons. The van der Waals surface area contributed by atoms with E-state index in [1.165, 1.54) is 6.42 Å². The fourth-order valence-corrected chi connectivity index (χ4v) is 2.31. The van der Waals surface area contributed by atoms with Crippen molar-refractivity contribution in [2.24, 2.45) is 11.7 Å². The molecule has 3 heteroatoms. The molecule has 1 fully saturated rings. The average molecular weight is 186 g/mol. The van der Waals surface area contributed by atoms with E-state index in [1.807, 2.05) is 0 Å². The molecule has 1 rings (SSSR count). The molecular weight excluding hydrogens is 164 g/mol. The summed E-state index contributed by atoms with van der Waals surface area (Å²) in [5, 5.41) is 9.26.